The zero-order valence-electron chi connectivity index (χ0n) is 7.26. The molecule has 0 bridgehead atoms. The van der Waals surface area contributed by atoms with Crippen LogP contribution in [0.3, 0.4) is 0 Å². The molecule has 0 aliphatic heterocycles. The van der Waals surface area contributed by atoms with Gasteiger partial charge in [0.1, 0.15) is 0 Å². The van der Waals surface area contributed by atoms with Gasteiger partial charge < -0.3 is 4.74 Å². The normalized spacial score (nSPS) is 8.73. The van der Waals surface area contributed by atoms with E-state index in [-0.39, 0.29) is 5.97 Å². The molecule has 0 radical (unpaired) electrons. The van der Waals surface area contributed by atoms with Crippen LogP contribution in [0, 0.1) is 5.92 Å². The molecule has 0 aliphatic rings. The summed E-state index contributed by atoms with van der Waals surface area (Å²) in [6.45, 7) is 6.23. The first-order chi connectivity index (χ1) is 5.16. The molecule has 11 heavy (non-hydrogen) atoms. The van der Waals surface area contributed by atoms with Crippen LogP contribution in [-0.4, -0.2) is 12.6 Å². The molecule has 2 heteroatoms. The maximum absolute atomic E-state index is 10.7. The molecule has 0 unspecified atom stereocenters. The molecule has 0 amide bonds. The summed E-state index contributed by atoms with van der Waals surface area (Å²) >= 11 is 0. The monoisotopic (exact) mass is 154 g/mol. The molecular formula is C9H14O2. The van der Waals surface area contributed by atoms with Crippen LogP contribution in [0.2, 0.25) is 0 Å². The van der Waals surface area contributed by atoms with Gasteiger partial charge in [0.2, 0.25) is 0 Å². The van der Waals surface area contributed by atoms with E-state index in [0.717, 1.165) is 0 Å². The third-order valence-electron chi connectivity index (χ3n) is 0.917. The first-order valence-electron chi connectivity index (χ1n) is 3.76. The highest BCUT2D eigenvalue weighted by atomic mass is 16.5. The van der Waals surface area contributed by atoms with Crippen LogP contribution in [0.25, 0.3) is 0 Å². The lowest BCUT2D eigenvalue weighted by Gasteiger charge is -1.92. The highest BCUT2D eigenvalue weighted by Crippen LogP contribution is 1.90. The van der Waals surface area contributed by atoms with Crippen LogP contribution in [0.5, 0.6) is 0 Å². The number of hydrogen-bond donors (Lipinski definition) is 0. The van der Waals surface area contributed by atoms with Gasteiger partial charge in [-0.3, -0.25) is 0 Å². The Morgan fingerprint density at radius 1 is 1.64 bits per heavy atom. The summed E-state index contributed by atoms with van der Waals surface area (Å²) in [6, 6.07) is 0. The van der Waals surface area contributed by atoms with Crippen molar-refractivity contribution in [3.63, 3.8) is 0 Å². The van der Waals surface area contributed by atoms with E-state index in [1.54, 1.807) is 6.92 Å². The average molecular weight is 154 g/mol. The minimum absolute atomic E-state index is 0.329. The number of hydrogen-bond acceptors (Lipinski definition) is 2. The van der Waals surface area contributed by atoms with Crippen LogP contribution in [0.1, 0.15) is 20.8 Å². The van der Waals surface area contributed by atoms with E-state index in [0.29, 0.717) is 12.5 Å². The predicted octanol–water partition coefficient (Wildman–Crippen LogP) is 1.92. The van der Waals surface area contributed by atoms with Gasteiger partial charge >= 0.3 is 5.97 Å². The van der Waals surface area contributed by atoms with Crippen molar-refractivity contribution < 1.29 is 9.53 Å². The first kappa shape index (κ1) is 9.99. The summed E-state index contributed by atoms with van der Waals surface area (Å²) in [6.07, 6.45) is 3.13. The van der Waals surface area contributed by atoms with Crippen LogP contribution in [0.15, 0.2) is 17.9 Å². The summed E-state index contributed by atoms with van der Waals surface area (Å²) in [5.41, 5.74) is 2.74. The molecule has 0 atom stereocenters. The van der Waals surface area contributed by atoms with Gasteiger partial charge in [0.25, 0.3) is 0 Å². The van der Waals surface area contributed by atoms with Gasteiger partial charge in [0, 0.05) is 0 Å². The summed E-state index contributed by atoms with van der Waals surface area (Å²) in [7, 11) is 0. The van der Waals surface area contributed by atoms with Gasteiger partial charge in [-0.2, -0.15) is 0 Å². The van der Waals surface area contributed by atoms with E-state index in [2.05, 4.69) is 10.5 Å². The number of rotatable bonds is 3. The minimum atomic E-state index is -0.329. The largest absolute Gasteiger partial charge is 0.462 e. The van der Waals surface area contributed by atoms with Gasteiger partial charge in [-0.25, -0.2) is 4.79 Å². The van der Waals surface area contributed by atoms with E-state index in [4.69, 9.17) is 0 Å². The maximum Gasteiger partial charge on any atom is 0.338 e. The van der Waals surface area contributed by atoms with Crippen molar-refractivity contribution >= 4 is 5.97 Å². The highest BCUT2D eigenvalue weighted by molar-refractivity contribution is 5.81. The zero-order chi connectivity index (χ0) is 8.69. The predicted molar refractivity (Wildman–Crippen MR) is 44.1 cm³/mol. The fourth-order valence-electron chi connectivity index (χ4n) is 0.493. The van der Waals surface area contributed by atoms with Crippen molar-refractivity contribution in [1.82, 2.24) is 0 Å². The minimum Gasteiger partial charge on any atom is -0.462 e. The van der Waals surface area contributed by atoms with Gasteiger partial charge in [0.15, 0.2) is 0 Å². The number of carbonyl (C=O) groups is 1. The molecule has 0 aromatic carbocycles. The molecule has 2 nitrogen and oxygen atoms in total. The van der Waals surface area contributed by atoms with Crippen LogP contribution < -0.4 is 0 Å². The van der Waals surface area contributed by atoms with Gasteiger partial charge in [-0.1, -0.05) is 13.8 Å². The molecule has 0 aliphatic carbocycles. The maximum atomic E-state index is 10.7. The Hall–Kier alpha value is -1.01. The van der Waals surface area contributed by atoms with Gasteiger partial charge in [0.05, 0.1) is 12.7 Å². The summed E-state index contributed by atoms with van der Waals surface area (Å²) in [5.74, 6) is 0.0880. The second kappa shape index (κ2) is 5.75. The van der Waals surface area contributed by atoms with Crippen LogP contribution in [-0.2, 0) is 9.53 Å². The Morgan fingerprint density at radius 3 is 2.73 bits per heavy atom. The molecule has 0 heterocycles. The fourth-order valence-corrected chi connectivity index (χ4v) is 0.493. The Labute approximate surface area is 67.6 Å². The number of esters is 1. The molecular weight excluding hydrogens is 140 g/mol. The SMILES string of the molecule is CCOC(=O)C=C=CC(C)C. The second-order valence-electron chi connectivity index (χ2n) is 2.47. The zero-order valence-corrected chi connectivity index (χ0v) is 7.26. The van der Waals surface area contributed by atoms with Crippen LogP contribution >= 0.6 is 0 Å². The molecule has 0 fully saturated rings. The topological polar surface area (TPSA) is 26.3 Å². The smallest absolute Gasteiger partial charge is 0.338 e. The average Bonchev–Trinajstić information content (AvgIpc) is 1.87. The van der Waals surface area contributed by atoms with E-state index < -0.39 is 0 Å². The number of carbonyl (C=O) groups excluding carboxylic acids is 1. The molecule has 0 aromatic rings. The van der Waals surface area contributed by atoms with Crippen molar-refractivity contribution in [1.29, 1.82) is 0 Å². The molecule has 0 saturated heterocycles. The first-order valence-corrected chi connectivity index (χ1v) is 3.76. The van der Waals surface area contributed by atoms with E-state index in [9.17, 15) is 4.79 Å². The van der Waals surface area contributed by atoms with Crippen molar-refractivity contribution in [3.05, 3.63) is 17.9 Å². The fraction of sp³-hybridized carbons (Fsp3) is 0.556. The Bertz CT molecular complexity index is 174. The quantitative estimate of drug-likeness (QED) is 0.352. The van der Waals surface area contributed by atoms with E-state index in [1.165, 1.54) is 6.08 Å². The molecule has 0 rings (SSSR count). The molecule has 0 N–H and O–H groups in total. The Balaban J connectivity index is 3.82. The van der Waals surface area contributed by atoms with E-state index >= 15 is 0 Å². The lowest BCUT2D eigenvalue weighted by Crippen LogP contribution is -1.97. The summed E-state index contributed by atoms with van der Waals surface area (Å²) in [4.78, 5) is 10.7. The number of ether oxygens (including phenoxy) is 1. The standard InChI is InChI=1S/C9H14O2/c1-4-11-9(10)7-5-6-8(2)3/h6-8H,4H2,1-3H3. The Kier molecular flexibility index (Phi) is 5.22. The van der Waals surface area contributed by atoms with Crippen molar-refractivity contribution in [3.8, 4) is 0 Å². The molecule has 0 saturated carbocycles. The lowest BCUT2D eigenvalue weighted by molar-refractivity contribution is -0.137. The van der Waals surface area contributed by atoms with Gasteiger partial charge in [-0.15, -0.1) is 5.73 Å². The second-order valence-corrected chi connectivity index (χ2v) is 2.47. The highest BCUT2D eigenvalue weighted by Gasteiger charge is 1.90. The lowest BCUT2D eigenvalue weighted by atomic mass is 10.2. The summed E-state index contributed by atoms with van der Waals surface area (Å²) < 4.78 is 4.65. The third kappa shape index (κ3) is 6.88. The molecule has 62 valence electrons. The van der Waals surface area contributed by atoms with Crippen molar-refractivity contribution in [2.45, 2.75) is 20.8 Å². The summed E-state index contributed by atoms with van der Waals surface area (Å²) in [5, 5.41) is 0. The van der Waals surface area contributed by atoms with Gasteiger partial charge in [-0.05, 0) is 18.9 Å². The van der Waals surface area contributed by atoms with E-state index in [1.807, 2.05) is 19.9 Å². The molecule has 0 aromatic heterocycles. The van der Waals surface area contributed by atoms with Crippen LogP contribution in [0.4, 0.5) is 0 Å². The Morgan fingerprint density at radius 2 is 2.27 bits per heavy atom. The third-order valence-corrected chi connectivity index (χ3v) is 0.917. The molecule has 0 spiro atoms. The van der Waals surface area contributed by atoms with Crippen molar-refractivity contribution in [2.24, 2.45) is 5.92 Å². The van der Waals surface area contributed by atoms with Crippen molar-refractivity contribution in [2.75, 3.05) is 6.61 Å².